The minimum absolute atomic E-state index is 0. The van der Waals surface area contributed by atoms with Crippen molar-refractivity contribution in [2.24, 2.45) is 11.7 Å². The van der Waals surface area contributed by atoms with Crippen LogP contribution in [-0.4, -0.2) is 40.9 Å². The maximum atomic E-state index is 12.4. The first kappa shape index (κ1) is 20.3. The van der Waals surface area contributed by atoms with Gasteiger partial charge in [-0.05, 0) is 55.0 Å². The van der Waals surface area contributed by atoms with Crippen molar-refractivity contribution in [1.29, 1.82) is 0 Å². The zero-order valence-electron chi connectivity index (χ0n) is 14.3. The van der Waals surface area contributed by atoms with Crippen LogP contribution in [0, 0.1) is 5.92 Å². The predicted molar refractivity (Wildman–Crippen MR) is 100 cm³/mol. The summed E-state index contributed by atoms with van der Waals surface area (Å²) < 4.78 is 5.67. The van der Waals surface area contributed by atoms with Gasteiger partial charge in [0.15, 0.2) is 0 Å². The van der Waals surface area contributed by atoms with E-state index in [-0.39, 0.29) is 24.9 Å². The van der Waals surface area contributed by atoms with Crippen molar-refractivity contribution in [2.45, 2.75) is 6.42 Å². The van der Waals surface area contributed by atoms with Crippen LogP contribution in [0.15, 0.2) is 48.5 Å². The molecule has 2 aromatic rings. The summed E-state index contributed by atoms with van der Waals surface area (Å²) in [6, 6.07) is 13.0. The topological polar surface area (TPSA) is 110 Å². The molecule has 0 aromatic heterocycles. The van der Waals surface area contributed by atoms with E-state index in [0.717, 1.165) is 0 Å². The van der Waals surface area contributed by atoms with Crippen molar-refractivity contribution in [3.8, 4) is 11.5 Å². The summed E-state index contributed by atoms with van der Waals surface area (Å²) in [6.07, 6.45) is 0.476. The van der Waals surface area contributed by atoms with Crippen LogP contribution in [0.4, 0.5) is 0 Å². The molecular formula is C19H19ClN2O5. The van der Waals surface area contributed by atoms with Gasteiger partial charge in [0.2, 0.25) is 5.91 Å². The van der Waals surface area contributed by atoms with E-state index in [1.165, 1.54) is 0 Å². The van der Waals surface area contributed by atoms with E-state index in [1.54, 1.807) is 53.4 Å². The molecule has 7 nitrogen and oxygen atoms in total. The minimum Gasteiger partial charge on any atom is -0.481 e. The molecule has 142 valence electrons. The van der Waals surface area contributed by atoms with E-state index in [0.29, 0.717) is 35.6 Å². The van der Waals surface area contributed by atoms with E-state index in [1.807, 2.05) is 0 Å². The van der Waals surface area contributed by atoms with Crippen LogP contribution in [0.3, 0.4) is 0 Å². The van der Waals surface area contributed by atoms with Crippen molar-refractivity contribution < 1.29 is 24.2 Å². The number of halogens is 1. The number of hydrogen-bond acceptors (Lipinski definition) is 4. The number of aliphatic carboxylic acids is 1. The highest BCUT2D eigenvalue weighted by molar-refractivity contribution is 5.95. The molecule has 0 bridgehead atoms. The van der Waals surface area contributed by atoms with E-state index in [4.69, 9.17) is 15.6 Å². The Kier molecular flexibility index (Phi) is 6.41. The van der Waals surface area contributed by atoms with Crippen molar-refractivity contribution in [3.63, 3.8) is 0 Å². The van der Waals surface area contributed by atoms with Crippen LogP contribution in [0.1, 0.15) is 27.1 Å². The summed E-state index contributed by atoms with van der Waals surface area (Å²) >= 11 is 0. The lowest BCUT2D eigenvalue weighted by molar-refractivity contribution is -0.141. The van der Waals surface area contributed by atoms with Gasteiger partial charge in [-0.1, -0.05) is 0 Å². The summed E-state index contributed by atoms with van der Waals surface area (Å²) in [5.41, 5.74) is 6.06. The van der Waals surface area contributed by atoms with Gasteiger partial charge in [-0.3, -0.25) is 14.4 Å². The van der Waals surface area contributed by atoms with Gasteiger partial charge in [-0.2, -0.15) is 0 Å². The molecule has 0 saturated carbocycles. The molecule has 1 heterocycles. The van der Waals surface area contributed by atoms with E-state index < -0.39 is 17.8 Å². The zero-order valence-corrected chi connectivity index (χ0v) is 15.1. The Balaban J connectivity index is 0.00000261. The minimum atomic E-state index is -0.869. The van der Waals surface area contributed by atoms with Gasteiger partial charge < -0.3 is 20.5 Å². The Morgan fingerprint density at radius 1 is 0.963 bits per heavy atom. The van der Waals surface area contributed by atoms with Crippen LogP contribution >= 0.6 is 12.4 Å². The molecule has 2 aromatic carbocycles. The molecular weight excluding hydrogens is 372 g/mol. The average Bonchev–Trinajstić information content (AvgIpc) is 3.13. The van der Waals surface area contributed by atoms with E-state index >= 15 is 0 Å². The van der Waals surface area contributed by atoms with Gasteiger partial charge in [-0.25, -0.2) is 0 Å². The fourth-order valence-electron chi connectivity index (χ4n) is 2.82. The number of primary amides is 1. The fraction of sp³-hybridized carbons (Fsp3) is 0.211. The second-order valence-corrected chi connectivity index (χ2v) is 6.09. The molecule has 0 aliphatic carbocycles. The molecule has 0 radical (unpaired) electrons. The number of hydrogen-bond donors (Lipinski definition) is 2. The first-order valence-electron chi connectivity index (χ1n) is 8.14. The summed E-state index contributed by atoms with van der Waals surface area (Å²) in [5, 5.41) is 9.03. The van der Waals surface area contributed by atoms with Gasteiger partial charge in [0.25, 0.3) is 5.91 Å². The van der Waals surface area contributed by atoms with E-state index in [2.05, 4.69) is 0 Å². The van der Waals surface area contributed by atoms with Crippen LogP contribution in [-0.2, 0) is 4.79 Å². The molecule has 1 saturated heterocycles. The first-order valence-corrected chi connectivity index (χ1v) is 8.14. The molecule has 0 spiro atoms. The van der Waals surface area contributed by atoms with Gasteiger partial charge in [0, 0.05) is 24.2 Å². The Morgan fingerprint density at radius 3 is 1.93 bits per heavy atom. The molecule has 27 heavy (non-hydrogen) atoms. The Bertz CT molecular complexity index is 836. The van der Waals surface area contributed by atoms with Crippen molar-refractivity contribution in [1.82, 2.24) is 4.90 Å². The second-order valence-electron chi connectivity index (χ2n) is 6.09. The smallest absolute Gasteiger partial charge is 0.308 e. The fourth-order valence-corrected chi connectivity index (χ4v) is 2.82. The van der Waals surface area contributed by atoms with Crippen LogP contribution in [0.25, 0.3) is 0 Å². The standard InChI is InChI=1S/C19H18N2O5.ClH/c20-17(22)12-1-5-15(6-2-12)26-16-7-3-13(4-8-16)18(23)21-10-9-14(11-21)19(24)25;/h1-8,14H,9-11H2,(H2,20,22)(H,24,25);1H. The number of rotatable bonds is 5. The summed E-state index contributed by atoms with van der Waals surface area (Å²) in [6.45, 7) is 0.679. The summed E-state index contributed by atoms with van der Waals surface area (Å²) in [4.78, 5) is 36.0. The molecule has 1 unspecified atom stereocenters. The number of carbonyl (C=O) groups is 3. The normalized spacial score (nSPS) is 15.7. The molecule has 1 aliphatic rings. The van der Waals surface area contributed by atoms with Gasteiger partial charge >= 0.3 is 5.97 Å². The lowest BCUT2D eigenvalue weighted by atomic mass is 10.1. The lowest BCUT2D eigenvalue weighted by Gasteiger charge is -2.16. The number of carboxylic acid groups (broad SMARTS) is 1. The van der Waals surface area contributed by atoms with Crippen molar-refractivity contribution in [3.05, 3.63) is 59.7 Å². The predicted octanol–water partition coefficient (Wildman–Crippen LogP) is 2.55. The number of benzene rings is 2. The summed E-state index contributed by atoms with van der Waals surface area (Å²) in [7, 11) is 0. The number of nitrogens with two attached hydrogens (primary N) is 1. The quantitative estimate of drug-likeness (QED) is 0.815. The highest BCUT2D eigenvalue weighted by Gasteiger charge is 2.31. The Morgan fingerprint density at radius 2 is 1.48 bits per heavy atom. The third kappa shape index (κ3) is 4.77. The number of amides is 2. The lowest BCUT2D eigenvalue weighted by Crippen LogP contribution is -2.29. The Hall–Kier alpha value is -3.06. The molecule has 3 N–H and O–H groups in total. The highest BCUT2D eigenvalue weighted by atomic mass is 35.5. The van der Waals surface area contributed by atoms with Gasteiger partial charge in [0.1, 0.15) is 11.5 Å². The van der Waals surface area contributed by atoms with Crippen LogP contribution in [0.2, 0.25) is 0 Å². The van der Waals surface area contributed by atoms with Gasteiger partial charge in [-0.15, -0.1) is 12.4 Å². The Labute approximate surface area is 162 Å². The average molecular weight is 391 g/mol. The monoisotopic (exact) mass is 390 g/mol. The molecule has 1 fully saturated rings. The zero-order chi connectivity index (χ0) is 18.7. The highest BCUT2D eigenvalue weighted by Crippen LogP contribution is 2.24. The second kappa shape index (κ2) is 8.55. The molecule has 2 amide bonds. The molecule has 1 atom stereocenters. The number of likely N-dealkylation sites (tertiary alicyclic amines) is 1. The molecule has 1 aliphatic heterocycles. The largest absolute Gasteiger partial charge is 0.481 e. The maximum absolute atomic E-state index is 12.4. The first-order chi connectivity index (χ1) is 12.4. The van der Waals surface area contributed by atoms with Crippen LogP contribution in [0.5, 0.6) is 11.5 Å². The van der Waals surface area contributed by atoms with Gasteiger partial charge in [0.05, 0.1) is 5.92 Å². The third-order valence-electron chi connectivity index (χ3n) is 4.30. The molecule has 3 rings (SSSR count). The third-order valence-corrected chi connectivity index (χ3v) is 4.30. The van der Waals surface area contributed by atoms with Crippen molar-refractivity contribution >= 4 is 30.2 Å². The van der Waals surface area contributed by atoms with Crippen molar-refractivity contribution in [2.75, 3.05) is 13.1 Å². The maximum Gasteiger partial charge on any atom is 0.308 e. The summed E-state index contributed by atoms with van der Waals surface area (Å²) in [5.74, 6) is -0.981. The SMILES string of the molecule is Cl.NC(=O)c1ccc(Oc2ccc(C(=O)N3CCC(C(=O)O)C3)cc2)cc1. The number of carbonyl (C=O) groups excluding carboxylic acids is 2. The van der Waals surface area contributed by atoms with Crippen LogP contribution < -0.4 is 10.5 Å². The number of ether oxygens (including phenoxy) is 1. The number of nitrogens with zero attached hydrogens (tertiary/aromatic N) is 1. The molecule has 8 heteroatoms. The number of carboxylic acids is 1. The van der Waals surface area contributed by atoms with E-state index in [9.17, 15) is 14.4 Å².